The average Bonchev–Trinajstić information content (AvgIpc) is 3.24. The highest BCUT2D eigenvalue weighted by Gasteiger charge is 2.45. The minimum Gasteiger partial charge on any atom is -0.394 e. The summed E-state index contributed by atoms with van der Waals surface area (Å²) in [6.45, 7) is 2.86. The largest absolute Gasteiger partial charge is 0.394 e. The molecule has 5 rings (SSSR count). The molecule has 0 amide bonds. The van der Waals surface area contributed by atoms with Gasteiger partial charge >= 0.3 is 0 Å². The van der Waals surface area contributed by atoms with Crippen LogP contribution in [0.15, 0.2) is 36.4 Å². The predicted octanol–water partition coefficient (Wildman–Crippen LogP) is -1.66. The van der Waals surface area contributed by atoms with Crippen molar-refractivity contribution in [2.75, 3.05) is 13.2 Å². The third-order valence-corrected chi connectivity index (χ3v) is 8.43. The van der Waals surface area contributed by atoms with Crippen molar-refractivity contribution in [1.82, 2.24) is 0 Å². The Kier molecular flexibility index (Phi) is 9.50. The highest BCUT2D eigenvalue weighted by atomic mass is 16.5. The van der Waals surface area contributed by atoms with E-state index in [0.29, 0.717) is 28.7 Å². The summed E-state index contributed by atoms with van der Waals surface area (Å²) in [5, 5.41) is 92.0. The molecule has 0 bridgehead atoms. The van der Waals surface area contributed by atoms with E-state index in [1.165, 1.54) is 0 Å². The molecule has 10 atom stereocenters. The molecule has 0 saturated carbocycles. The molecule has 0 radical (unpaired) electrons. The van der Waals surface area contributed by atoms with Gasteiger partial charge in [0.05, 0.1) is 13.2 Å². The first-order valence-corrected chi connectivity index (χ1v) is 14.6. The maximum atomic E-state index is 12.2. The lowest BCUT2D eigenvalue weighted by Gasteiger charge is -2.37. The van der Waals surface area contributed by atoms with Gasteiger partial charge in [-0.05, 0) is 58.9 Å². The Morgan fingerprint density at radius 3 is 1.43 bits per heavy atom. The molecule has 2 aromatic carbocycles. The first-order valence-electron chi connectivity index (χ1n) is 14.6. The fraction of sp³-hybridized carbons (Fsp3) is 0.515. The molecule has 2 heterocycles. The summed E-state index contributed by atoms with van der Waals surface area (Å²) in [7, 11) is 0. The van der Waals surface area contributed by atoms with Crippen molar-refractivity contribution in [2.24, 2.45) is 5.92 Å². The molecule has 1 aliphatic carbocycles. The van der Waals surface area contributed by atoms with Crippen molar-refractivity contribution in [3.63, 3.8) is 0 Å². The second-order valence-electron chi connectivity index (χ2n) is 12.0. The smallest absolute Gasteiger partial charge is 0.147 e. The SMILES string of the molecule is CC(C)CC1(O)c2cc(C#CC3OC(CO)C(O)C(O)C3O)ccc2-c2ccc(C#CC3OC(CO)C(O)C(O)C3O)cc21. The van der Waals surface area contributed by atoms with Gasteiger partial charge in [0, 0.05) is 11.1 Å². The molecule has 11 heteroatoms. The quantitative estimate of drug-likeness (QED) is 0.179. The molecule has 9 N–H and O–H groups in total. The molecule has 236 valence electrons. The summed E-state index contributed by atoms with van der Waals surface area (Å²) in [4.78, 5) is 0. The molecule has 2 saturated heterocycles. The Morgan fingerprint density at radius 1 is 0.659 bits per heavy atom. The number of benzene rings is 2. The fourth-order valence-corrected chi connectivity index (χ4v) is 6.10. The summed E-state index contributed by atoms with van der Waals surface area (Å²) >= 11 is 0. The zero-order chi connectivity index (χ0) is 31.9. The molecular weight excluding hydrogens is 572 g/mol. The molecule has 3 aliphatic rings. The summed E-state index contributed by atoms with van der Waals surface area (Å²) in [6.07, 6.45) is -13.1. The van der Waals surface area contributed by atoms with Gasteiger partial charge in [0.15, 0.2) is 0 Å². The van der Waals surface area contributed by atoms with Gasteiger partial charge in [-0.3, -0.25) is 0 Å². The van der Waals surface area contributed by atoms with Crippen LogP contribution < -0.4 is 0 Å². The summed E-state index contributed by atoms with van der Waals surface area (Å²) in [5.74, 6) is 11.5. The van der Waals surface area contributed by atoms with E-state index in [-0.39, 0.29) is 5.92 Å². The first kappa shape index (κ1) is 32.5. The van der Waals surface area contributed by atoms with E-state index in [1.807, 2.05) is 26.0 Å². The molecule has 0 aromatic heterocycles. The van der Waals surface area contributed by atoms with Crippen LogP contribution in [0.1, 0.15) is 42.5 Å². The number of aliphatic hydroxyl groups excluding tert-OH is 8. The van der Waals surface area contributed by atoms with E-state index in [9.17, 15) is 46.0 Å². The van der Waals surface area contributed by atoms with Crippen LogP contribution in [-0.2, 0) is 15.1 Å². The van der Waals surface area contributed by atoms with Crippen LogP contribution in [0.2, 0.25) is 0 Å². The van der Waals surface area contributed by atoms with E-state index in [1.54, 1.807) is 24.3 Å². The van der Waals surface area contributed by atoms with Crippen LogP contribution in [-0.4, -0.2) is 120 Å². The number of ether oxygens (including phenoxy) is 2. The second-order valence-corrected chi connectivity index (χ2v) is 12.0. The van der Waals surface area contributed by atoms with Crippen molar-refractivity contribution >= 4 is 0 Å². The van der Waals surface area contributed by atoms with Gasteiger partial charge in [0.25, 0.3) is 0 Å². The Hall–Kier alpha value is -2.88. The van der Waals surface area contributed by atoms with E-state index >= 15 is 0 Å². The third-order valence-electron chi connectivity index (χ3n) is 8.43. The van der Waals surface area contributed by atoms with E-state index < -0.39 is 79.9 Å². The van der Waals surface area contributed by atoms with E-state index in [0.717, 1.165) is 11.1 Å². The molecule has 2 aliphatic heterocycles. The highest BCUT2D eigenvalue weighted by molar-refractivity contribution is 5.81. The Bertz CT molecular complexity index is 1380. The molecule has 2 fully saturated rings. The molecule has 11 nitrogen and oxygen atoms in total. The molecular formula is C33H38O11. The Labute approximate surface area is 255 Å². The standard InChI is InChI=1S/C33H38O11/c1-16(2)13-33(42)21-11-17(5-9-23-27(36)31(40)29(38)25(14-34)43-23)3-7-19(21)20-8-4-18(12-22(20)33)6-10-24-28(37)32(41)30(39)26(15-35)44-24/h3-4,7-8,11-12,16,23-32,34-42H,13-15H2,1-2H3. The van der Waals surface area contributed by atoms with E-state index in [4.69, 9.17) is 9.47 Å². The zero-order valence-electron chi connectivity index (χ0n) is 24.3. The third kappa shape index (κ3) is 5.90. The van der Waals surface area contributed by atoms with Crippen LogP contribution in [0.3, 0.4) is 0 Å². The highest BCUT2D eigenvalue weighted by Crippen LogP contribution is 2.50. The topological polar surface area (TPSA) is 201 Å². The number of fused-ring (bicyclic) bond motifs is 3. The molecule has 44 heavy (non-hydrogen) atoms. The number of aliphatic hydroxyl groups is 9. The Morgan fingerprint density at radius 2 is 1.07 bits per heavy atom. The van der Waals surface area contributed by atoms with Crippen LogP contribution >= 0.6 is 0 Å². The summed E-state index contributed by atoms with van der Waals surface area (Å²) in [5.41, 5.74) is 2.48. The zero-order valence-corrected chi connectivity index (χ0v) is 24.3. The van der Waals surface area contributed by atoms with Gasteiger partial charge in [-0.2, -0.15) is 0 Å². The van der Waals surface area contributed by atoms with Crippen molar-refractivity contribution in [1.29, 1.82) is 0 Å². The van der Waals surface area contributed by atoms with Crippen LogP contribution in [0.4, 0.5) is 0 Å². The van der Waals surface area contributed by atoms with Crippen molar-refractivity contribution in [3.8, 4) is 34.8 Å². The van der Waals surface area contributed by atoms with Crippen LogP contribution in [0, 0.1) is 29.6 Å². The Balaban J connectivity index is 1.46. The molecule has 0 spiro atoms. The average molecular weight is 611 g/mol. The molecule has 2 aromatic rings. The summed E-state index contributed by atoms with van der Waals surface area (Å²) < 4.78 is 11.0. The van der Waals surface area contributed by atoms with Crippen molar-refractivity contribution < 1.29 is 55.4 Å². The lowest BCUT2D eigenvalue weighted by atomic mass is 9.83. The van der Waals surface area contributed by atoms with Gasteiger partial charge in [-0.15, -0.1) is 0 Å². The normalized spacial score (nSPS) is 36.1. The minimum atomic E-state index is -1.54. The van der Waals surface area contributed by atoms with Gasteiger partial charge in [0.2, 0.25) is 0 Å². The van der Waals surface area contributed by atoms with Crippen molar-refractivity contribution in [3.05, 3.63) is 58.7 Å². The van der Waals surface area contributed by atoms with Gasteiger partial charge < -0.3 is 55.4 Å². The molecule has 10 unspecified atom stereocenters. The lowest BCUT2D eigenvalue weighted by Crippen LogP contribution is -2.58. The van der Waals surface area contributed by atoms with Gasteiger partial charge in [0.1, 0.15) is 66.6 Å². The van der Waals surface area contributed by atoms with E-state index in [2.05, 4.69) is 23.7 Å². The van der Waals surface area contributed by atoms with Gasteiger partial charge in [-0.25, -0.2) is 0 Å². The maximum absolute atomic E-state index is 12.2. The number of rotatable bonds is 4. The van der Waals surface area contributed by atoms with Gasteiger partial charge in [-0.1, -0.05) is 49.7 Å². The van der Waals surface area contributed by atoms with Crippen molar-refractivity contribution in [2.45, 2.75) is 86.9 Å². The number of hydrogen-bond donors (Lipinski definition) is 9. The first-order chi connectivity index (χ1) is 20.9. The second kappa shape index (κ2) is 12.9. The van der Waals surface area contributed by atoms with Crippen LogP contribution in [0.5, 0.6) is 0 Å². The fourth-order valence-electron chi connectivity index (χ4n) is 6.10. The maximum Gasteiger partial charge on any atom is 0.147 e. The predicted molar refractivity (Wildman–Crippen MR) is 156 cm³/mol. The lowest BCUT2D eigenvalue weighted by molar-refractivity contribution is -0.214. The monoisotopic (exact) mass is 610 g/mol. The summed E-state index contributed by atoms with van der Waals surface area (Å²) in [6, 6.07) is 10.7. The van der Waals surface area contributed by atoms with Crippen LogP contribution in [0.25, 0.3) is 11.1 Å². The number of hydrogen-bond acceptors (Lipinski definition) is 11. The minimum absolute atomic E-state index is 0.0894.